The number of amides is 1. The average Bonchev–Trinajstić information content (AvgIpc) is 2.89. The molecule has 2 aliphatic carbocycles. The van der Waals surface area contributed by atoms with Crippen LogP contribution in [0.15, 0.2) is 0 Å². The number of Topliss-reactive ketones (excluding diaryl/α,β-unsaturated/α-hetero) is 1. The first-order valence-electron chi connectivity index (χ1n) is 11.1. The third kappa shape index (κ3) is 4.00. The highest BCUT2D eigenvalue weighted by Crippen LogP contribution is 2.64. The second kappa shape index (κ2) is 8.27. The Morgan fingerprint density at radius 2 is 1.83 bits per heavy atom. The third-order valence-corrected chi connectivity index (χ3v) is 9.99. The molecule has 1 amide bonds. The van der Waals surface area contributed by atoms with Gasteiger partial charge in [0.05, 0.1) is 12.3 Å². The van der Waals surface area contributed by atoms with Crippen molar-refractivity contribution in [1.29, 1.82) is 0 Å². The Balaban J connectivity index is 1.65. The minimum Gasteiger partial charge on any atom is -0.342 e. The Bertz CT molecular complexity index is 747. The molecule has 1 heterocycles. The summed E-state index contributed by atoms with van der Waals surface area (Å²) in [6.07, 6.45) is 2.89. The van der Waals surface area contributed by atoms with Gasteiger partial charge in [-0.1, -0.05) is 13.8 Å². The van der Waals surface area contributed by atoms with E-state index in [1.54, 1.807) is 4.31 Å². The molecule has 0 radical (unpaired) electrons. The molecule has 0 aromatic heterocycles. The molecular weight excluding hydrogens is 390 g/mol. The molecule has 1 aliphatic heterocycles. The molecule has 0 N–H and O–H groups in total. The van der Waals surface area contributed by atoms with Crippen molar-refractivity contribution in [3.8, 4) is 0 Å². The molecule has 2 bridgehead atoms. The fraction of sp³-hybridized carbons (Fsp3) is 0.905. The van der Waals surface area contributed by atoms with Crippen molar-refractivity contribution in [3.63, 3.8) is 0 Å². The van der Waals surface area contributed by atoms with Crippen molar-refractivity contribution in [1.82, 2.24) is 14.1 Å². The largest absolute Gasteiger partial charge is 0.342 e. The number of carbonyl (C=O) groups is 2. The fourth-order valence-electron chi connectivity index (χ4n) is 5.76. The van der Waals surface area contributed by atoms with E-state index in [1.807, 2.05) is 18.7 Å². The van der Waals surface area contributed by atoms with Gasteiger partial charge < -0.3 is 4.90 Å². The standard InChI is InChI=1S/C21H37N3O4S/c1-5-23(6-2)19(26)15-22-10-7-11-24(13-12-22)29(27,28)16-21-9-8-17(14-18(21)25)20(21,3)4/h17H,5-16H2,1-4H3. The van der Waals surface area contributed by atoms with E-state index in [9.17, 15) is 18.0 Å². The quantitative estimate of drug-likeness (QED) is 0.617. The molecule has 3 rings (SSSR count). The van der Waals surface area contributed by atoms with Crippen LogP contribution >= 0.6 is 0 Å². The minimum absolute atomic E-state index is 0.0549. The second-order valence-corrected chi connectivity index (χ2v) is 11.5. The molecule has 0 spiro atoms. The number of hydrogen-bond donors (Lipinski definition) is 0. The van der Waals surface area contributed by atoms with E-state index in [0.29, 0.717) is 64.4 Å². The SMILES string of the molecule is CCN(CC)C(=O)CN1CCCN(S(=O)(=O)CC23CCC(CC2=O)C3(C)C)CC1. The monoisotopic (exact) mass is 427 g/mol. The Morgan fingerprint density at radius 1 is 1.14 bits per heavy atom. The lowest BCUT2D eigenvalue weighted by molar-refractivity contribution is -0.132. The topological polar surface area (TPSA) is 78.0 Å². The Labute approximate surface area is 175 Å². The summed E-state index contributed by atoms with van der Waals surface area (Å²) in [5.41, 5.74) is -0.966. The molecule has 2 saturated carbocycles. The first-order valence-corrected chi connectivity index (χ1v) is 12.7. The minimum atomic E-state index is -3.52. The third-order valence-electron chi connectivity index (χ3n) is 7.98. The molecule has 8 heteroatoms. The van der Waals surface area contributed by atoms with Crippen LogP contribution in [0.25, 0.3) is 0 Å². The summed E-state index contributed by atoms with van der Waals surface area (Å²) in [7, 11) is -3.52. The molecule has 7 nitrogen and oxygen atoms in total. The lowest BCUT2D eigenvalue weighted by Gasteiger charge is -2.37. The van der Waals surface area contributed by atoms with Gasteiger partial charge in [-0.25, -0.2) is 12.7 Å². The van der Waals surface area contributed by atoms with E-state index in [1.165, 1.54) is 0 Å². The maximum absolute atomic E-state index is 13.3. The molecule has 2 unspecified atom stereocenters. The molecule has 1 saturated heterocycles. The van der Waals surface area contributed by atoms with E-state index in [2.05, 4.69) is 18.7 Å². The van der Waals surface area contributed by atoms with Gasteiger partial charge in [-0.15, -0.1) is 0 Å². The summed E-state index contributed by atoms with van der Waals surface area (Å²) in [6, 6.07) is 0. The molecular formula is C21H37N3O4S. The van der Waals surface area contributed by atoms with Crippen LogP contribution < -0.4 is 0 Å². The first kappa shape index (κ1) is 22.7. The number of carbonyl (C=O) groups excluding carboxylic acids is 2. The molecule has 29 heavy (non-hydrogen) atoms. The van der Waals surface area contributed by atoms with E-state index in [0.717, 1.165) is 13.0 Å². The predicted octanol–water partition coefficient (Wildman–Crippen LogP) is 1.59. The van der Waals surface area contributed by atoms with Gasteiger partial charge in [-0.2, -0.15) is 0 Å². The van der Waals surface area contributed by atoms with Gasteiger partial charge >= 0.3 is 0 Å². The van der Waals surface area contributed by atoms with Gasteiger partial charge in [0.1, 0.15) is 5.78 Å². The van der Waals surface area contributed by atoms with Crippen molar-refractivity contribution in [2.45, 2.75) is 53.4 Å². The van der Waals surface area contributed by atoms with Crippen molar-refractivity contribution >= 4 is 21.7 Å². The number of hydrogen-bond acceptors (Lipinski definition) is 5. The van der Waals surface area contributed by atoms with E-state index >= 15 is 0 Å². The lowest BCUT2D eigenvalue weighted by atomic mass is 9.70. The number of sulfonamides is 1. The van der Waals surface area contributed by atoms with Gasteiger partial charge in [0, 0.05) is 44.6 Å². The fourth-order valence-corrected chi connectivity index (χ4v) is 8.01. The van der Waals surface area contributed by atoms with Crippen LogP contribution in [0, 0.1) is 16.7 Å². The number of rotatable bonds is 7. The molecule has 0 aromatic rings. The molecule has 0 aromatic carbocycles. The zero-order chi connectivity index (χ0) is 21.4. The molecule has 166 valence electrons. The van der Waals surface area contributed by atoms with Crippen LogP contribution in [0.2, 0.25) is 0 Å². The molecule has 3 aliphatic rings. The summed E-state index contributed by atoms with van der Waals surface area (Å²) in [5, 5.41) is 0. The number of ketones is 1. The van der Waals surface area contributed by atoms with Crippen molar-refractivity contribution in [2.75, 3.05) is 51.6 Å². The average molecular weight is 428 g/mol. The van der Waals surface area contributed by atoms with Crippen LogP contribution in [0.4, 0.5) is 0 Å². The van der Waals surface area contributed by atoms with Crippen LogP contribution in [0.5, 0.6) is 0 Å². The maximum Gasteiger partial charge on any atom is 0.236 e. The van der Waals surface area contributed by atoms with Crippen molar-refractivity contribution in [2.24, 2.45) is 16.7 Å². The van der Waals surface area contributed by atoms with Crippen LogP contribution in [0.1, 0.15) is 53.4 Å². The zero-order valence-corrected chi connectivity index (χ0v) is 19.3. The summed E-state index contributed by atoms with van der Waals surface area (Å²) in [4.78, 5) is 29.0. The highest BCUT2D eigenvalue weighted by molar-refractivity contribution is 7.89. The summed E-state index contributed by atoms with van der Waals surface area (Å²) < 4.78 is 28.2. The highest BCUT2D eigenvalue weighted by Gasteiger charge is 2.65. The zero-order valence-electron chi connectivity index (χ0n) is 18.4. The van der Waals surface area contributed by atoms with Crippen molar-refractivity contribution < 1.29 is 18.0 Å². The summed E-state index contributed by atoms with van der Waals surface area (Å²) in [5.74, 6) is 0.501. The molecule has 3 fully saturated rings. The Hall–Kier alpha value is -0.990. The number of nitrogens with zero attached hydrogens (tertiary/aromatic N) is 3. The van der Waals surface area contributed by atoms with E-state index in [-0.39, 0.29) is 22.9 Å². The normalized spacial score (nSPS) is 30.5. The first-order chi connectivity index (χ1) is 13.6. The smallest absolute Gasteiger partial charge is 0.236 e. The Morgan fingerprint density at radius 3 is 2.38 bits per heavy atom. The van der Waals surface area contributed by atoms with E-state index < -0.39 is 15.4 Å². The van der Waals surface area contributed by atoms with Gasteiger partial charge in [0.25, 0.3) is 0 Å². The van der Waals surface area contributed by atoms with Crippen LogP contribution in [-0.4, -0.2) is 85.8 Å². The van der Waals surface area contributed by atoms with Gasteiger partial charge in [-0.3, -0.25) is 14.5 Å². The van der Waals surface area contributed by atoms with Gasteiger partial charge in [0.15, 0.2) is 0 Å². The van der Waals surface area contributed by atoms with E-state index in [4.69, 9.17) is 0 Å². The Kier molecular flexibility index (Phi) is 6.47. The van der Waals surface area contributed by atoms with Gasteiger partial charge in [0.2, 0.25) is 15.9 Å². The maximum atomic E-state index is 13.3. The van der Waals surface area contributed by atoms with Crippen molar-refractivity contribution in [3.05, 3.63) is 0 Å². The summed E-state index contributed by atoms with van der Waals surface area (Å²) >= 11 is 0. The van der Waals surface area contributed by atoms with Crippen LogP contribution in [0.3, 0.4) is 0 Å². The number of likely N-dealkylation sites (N-methyl/N-ethyl adjacent to an activating group) is 1. The van der Waals surface area contributed by atoms with Gasteiger partial charge in [-0.05, 0) is 51.0 Å². The summed E-state index contributed by atoms with van der Waals surface area (Å²) in [6.45, 7) is 11.9. The van der Waals surface area contributed by atoms with Crippen LogP contribution in [-0.2, 0) is 19.6 Å². The highest BCUT2D eigenvalue weighted by atomic mass is 32.2. The molecule has 2 atom stereocenters. The second-order valence-electron chi connectivity index (χ2n) is 9.52. The lowest BCUT2D eigenvalue weighted by Crippen LogP contribution is -2.47. The predicted molar refractivity (Wildman–Crippen MR) is 113 cm³/mol. The number of fused-ring (bicyclic) bond motifs is 2.